The maximum absolute atomic E-state index is 11.6. The Hall–Kier alpha value is -2.68. The number of benzene rings is 1. The van der Waals surface area contributed by atoms with Gasteiger partial charge in [0.1, 0.15) is 18.8 Å². The third-order valence-corrected chi connectivity index (χ3v) is 12.1. The molecule has 3 saturated carbocycles. The number of esters is 2. The van der Waals surface area contributed by atoms with E-state index >= 15 is 0 Å². The Morgan fingerprint density at radius 2 is 1.85 bits per heavy atom. The highest BCUT2D eigenvalue weighted by atomic mass is 35.5. The molecule has 1 aromatic rings. The van der Waals surface area contributed by atoms with Gasteiger partial charge in [0, 0.05) is 30.9 Å². The Morgan fingerprint density at radius 3 is 2.61 bits per heavy atom. The predicted molar refractivity (Wildman–Crippen MR) is 175 cm³/mol. The first-order valence-corrected chi connectivity index (χ1v) is 17.3. The molecule has 1 heterocycles. The first kappa shape index (κ1) is 33.2. The van der Waals surface area contributed by atoms with Gasteiger partial charge in [-0.15, -0.1) is 0 Å². The van der Waals surface area contributed by atoms with Gasteiger partial charge in [0.15, 0.2) is 12.0 Å². The zero-order valence-electron chi connectivity index (χ0n) is 27.7. The van der Waals surface area contributed by atoms with Crippen LogP contribution in [-0.4, -0.2) is 48.9 Å². The normalized spacial score (nSPS) is 38.6. The van der Waals surface area contributed by atoms with Gasteiger partial charge in [-0.25, -0.2) is 0 Å². The van der Waals surface area contributed by atoms with Crippen molar-refractivity contribution in [1.29, 1.82) is 0 Å². The zero-order chi connectivity index (χ0) is 32.6. The largest absolute Gasteiger partial charge is 0.463 e. The Bertz CT molecular complexity index is 1410. The summed E-state index contributed by atoms with van der Waals surface area (Å²) in [5.41, 5.74) is 3.03. The highest BCUT2D eigenvalue weighted by Crippen LogP contribution is 2.66. The lowest BCUT2D eigenvalue weighted by Gasteiger charge is -2.58. The van der Waals surface area contributed by atoms with Crippen LogP contribution in [0.3, 0.4) is 0 Å². The number of nitrogens with zero attached hydrogens (tertiary/aromatic N) is 1. The van der Waals surface area contributed by atoms with Gasteiger partial charge in [0.05, 0.1) is 11.8 Å². The van der Waals surface area contributed by atoms with Crippen molar-refractivity contribution < 1.29 is 33.4 Å². The second-order valence-electron chi connectivity index (χ2n) is 14.5. The molecule has 1 aromatic carbocycles. The van der Waals surface area contributed by atoms with E-state index in [4.69, 9.17) is 35.4 Å². The molecule has 3 fully saturated rings. The highest BCUT2D eigenvalue weighted by Gasteiger charge is 2.59. The summed E-state index contributed by atoms with van der Waals surface area (Å²) in [5, 5.41) is 5.25. The summed E-state index contributed by atoms with van der Waals surface area (Å²) in [6, 6.07) is 7.42. The van der Waals surface area contributed by atoms with Crippen LogP contribution in [0.5, 0.6) is 5.75 Å². The Morgan fingerprint density at radius 1 is 1.02 bits per heavy atom. The third-order valence-electron chi connectivity index (χ3n) is 11.9. The fourth-order valence-corrected chi connectivity index (χ4v) is 9.85. The smallest absolute Gasteiger partial charge is 0.303 e. The molecule has 10 atom stereocenters. The number of allylic oxidation sites excluding steroid dienone is 1. The van der Waals surface area contributed by atoms with Crippen LogP contribution >= 0.6 is 11.6 Å². The number of hydrogen-bond acceptors (Lipinski definition) is 8. The zero-order valence-corrected chi connectivity index (χ0v) is 28.5. The minimum atomic E-state index is -0.623. The third kappa shape index (κ3) is 6.67. The van der Waals surface area contributed by atoms with Gasteiger partial charge in [-0.05, 0) is 111 Å². The Balaban J connectivity index is 1.10. The van der Waals surface area contributed by atoms with Crippen LogP contribution in [0, 0.1) is 34.5 Å². The number of halogens is 1. The van der Waals surface area contributed by atoms with Crippen LogP contribution in [-0.2, 0) is 28.5 Å². The lowest BCUT2D eigenvalue weighted by molar-refractivity contribution is -0.213. The maximum Gasteiger partial charge on any atom is 0.303 e. The number of hydrogen-bond donors (Lipinski definition) is 0. The molecule has 250 valence electrons. The van der Waals surface area contributed by atoms with E-state index in [-0.39, 0.29) is 23.5 Å². The number of fused-ring (bicyclic) bond motifs is 5. The molecule has 5 aliphatic rings. The topological polar surface area (TPSA) is 92.7 Å². The van der Waals surface area contributed by atoms with Crippen LogP contribution in [0.4, 0.5) is 0 Å². The number of rotatable bonds is 8. The van der Waals surface area contributed by atoms with Crippen LogP contribution in [0.25, 0.3) is 0 Å². The van der Waals surface area contributed by atoms with E-state index in [1.807, 2.05) is 18.2 Å². The standard InChI is InChI=1S/C37H48ClNO7/c1-22(39-46-28-8-6-7-26(38)20-28)30-11-12-31-29-10-9-25-19-27(15-17-36(25,4)32(29)16-18-37(30,31)5)44-35-14-13-33(43-24(3)41)34(45-35)21-42-23(2)40/h6-9,13-14,20,27,29-35H,10-12,15-19,21H2,1-5H3/b39-22+/t27-,29?,30+,31?,32?,33-,34+,35?,36-,37+/m0/s1. The molecular weight excluding hydrogens is 606 g/mol. The van der Waals surface area contributed by atoms with E-state index in [0.29, 0.717) is 34.4 Å². The van der Waals surface area contributed by atoms with Gasteiger partial charge in [-0.3, -0.25) is 9.59 Å². The number of ether oxygens (including phenoxy) is 4. The average molecular weight is 654 g/mol. The van der Waals surface area contributed by atoms with Gasteiger partial charge in [-0.1, -0.05) is 48.3 Å². The summed E-state index contributed by atoms with van der Waals surface area (Å²) in [7, 11) is 0. The van der Waals surface area contributed by atoms with Gasteiger partial charge < -0.3 is 23.8 Å². The van der Waals surface area contributed by atoms with Crippen molar-refractivity contribution in [2.45, 2.75) is 111 Å². The molecule has 0 spiro atoms. The first-order chi connectivity index (χ1) is 22.0. The minimum absolute atomic E-state index is 0.00428. The molecule has 46 heavy (non-hydrogen) atoms. The van der Waals surface area contributed by atoms with Crippen molar-refractivity contribution in [3.05, 3.63) is 53.1 Å². The van der Waals surface area contributed by atoms with Crippen molar-refractivity contribution in [3.63, 3.8) is 0 Å². The van der Waals surface area contributed by atoms with E-state index in [2.05, 4.69) is 32.0 Å². The molecule has 8 nitrogen and oxygen atoms in total. The van der Waals surface area contributed by atoms with Crippen molar-refractivity contribution in [2.75, 3.05) is 6.61 Å². The molecule has 0 radical (unpaired) electrons. The van der Waals surface area contributed by atoms with Crippen LogP contribution in [0.2, 0.25) is 5.02 Å². The highest BCUT2D eigenvalue weighted by molar-refractivity contribution is 6.30. The van der Waals surface area contributed by atoms with Crippen LogP contribution < -0.4 is 4.84 Å². The van der Waals surface area contributed by atoms with E-state index in [0.717, 1.165) is 37.8 Å². The lowest BCUT2D eigenvalue weighted by atomic mass is 9.47. The number of carbonyl (C=O) groups excluding carboxylic acids is 2. The molecule has 0 aromatic heterocycles. The lowest BCUT2D eigenvalue weighted by Crippen LogP contribution is -2.51. The van der Waals surface area contributed by atoms with Crippen molar-refractivity contribution >= 4 is 29.3 Å². The average Bonchev–Trinajstić information content (AvgIpc) is 3.37. The van der Waals surface area contributed by atoms with Crippen molar-refractivity contribution in [3.8, 4) is 5.75 Å². The quantitative estimate of drug-likeness (QED) is 0.122. The fourth-order valence-electron chi connectivity index (χ4n) is 9.67. The van der Waals surface area contributed by atoms with Crippen molar-refractivity contribution in [2.24, 2.45) is 39.7 Å². The van der Waals surface area contributed by atoms with Gasteiger partial charge in [0.2, 0.25) is 0 Å². The molecule has 0 saturated heterocycles. The van der Waals surface area contributed by atoms with E-state index in [1.54, 1.807) is 18.2 Å². The molecule has 6 rings (SSSR count). The first-order valence-electron chi connectivity index (χ1n) is 16.9. The summed E-state index contributed by atoms with van der Waals surface area (Å²) in [6.45, 7) is 9.84. The van der Waals surface area contributed by atoms with Crippen LogP contribution in [0.15, 0.2) is 53.2 Å². The molecule has 1 aliphatic heterocycles. The van der Waals surface area contributed by atoms with Gasteiger partial charge in [-0.2, -0.15) is 0 Å². The maximum atomic E-state index is 11.6. The van der Waals surface area contributed by atoms with E-state index in [9.17, 15) is 9.59 Å². The summed E-state index contributed by atoms with van der Waals surface area (Å²) in [4.78, 5) is 28.8. The van der Waals surface area contributed by atoms with Gasteiger partial charge >= 0.3 is 11.9 Å². The SMILES string of the molecule is CC(=O)OC[C@H]1OC(O[C@H]2CC[C@@]3(C)C(=CCC4C3CC[C@@]3(C)C4CC[C@@H]3/C(C)=N/Oc3cccc(Cl)c3)C2)C=C[C@@H]1OC(C)=O. The van der Waals surface area contributed by atoms with Gasteiger partial charge in [0.25, 0.3) is 0 Å². The molecule has 9 heteroatoms. The fraction of sp³-hybridized carbons (Fsp3) is 0.649. The monoisotopic (exact) mass is 653 g/mol. The Labute approximate surface area is 277 Å². The molecule has 4 aliphatic carbocycles. The predicted octanol–water partition coefficient (Wildman–Crippen LogP) is 7.83. The van der Waals surface area contributed by atoms with Crippen LogP contribution in [0.1, 0.15) is 86.0 Å². The minimum Gasteiger partial charge on any atom is -0.463 e. The van der Waals surface area contributed by atoms with Crippen molar-refractivity contribution in [1.82, 2.24) is 0 Å². The summed E-state index contributed by atoms with van der Waals surface area (Å²) < 4.78 is 23.2. The molecule has 4 unspecified atom stereocenters. The molecule has 0 N–H and O–H groups in total. The Kier molecular flexibility index (Phi) is 9.71. The molecular formula is C37H48ClNO7. The summed E-state index contributed by atoms with van der Waals surface area (Å²) in [5.74, 6) is 2.31. The summed E-state index contributed by atoms with van der Waals surface area (Å²) in [6.07, 6.45) is 13.3. The second kappa shape index (κ2) is 13.4. The second-order valence-corrected chi connectivity index (χ2v) is 15.0. The van der Waals surface area contributed by atoms with E-state index in [1.165, 1.54) is 38.7 Å². The molecule has 0 bridgehead atoms. The number of oxime groups is 1. The molecule has 0 amide bonds. The summed E-state index contributed by atoms with van der Waals surface area (Å²) >= 11 is 6.14. The number of carbonyl (C=O) groups is 2. The van der Waals surface area contributed by atoms with E-state index < -0.39 is 30.4 Å².